The van der Waals surface area contributed by atoms with Gasteiger partial charge in [-0.3, -0.25) is 9.59 Å². The minimum Gasteiger partial charge on any atom is -0.392 e. The van der Waals surface area contributed by atoms with Crippen molar-refractivity contribution >= 4 is 11.6 Å². The van der Waals surface area contributed by atoms with E-state index < -0.39 is 24.2 Å². The quantitative estimate of drug-likeness (QED) is 0.357. The first-order valence-electron chi connectivity index (χ1n) is 10.9. The summed E-state index contributed by atoms with van der Waals surface area (Å²) in [5.74, 6) is -4.91. The molecule has 1 aliphatic carbocycles. The second-order valence-electron chi connectivity index (χ2n) is 8.19. The lowest BCUT2D eigenvalue weighted by Crippen LogP contribution is -2.30. The fraction of sp³-hybridized carbons (Fsp3) is 0.909. The van der Waals surface area contributed by atoms with E-state index >= 15 is 0 Å². The van der Waals surface area contributed by atoms with Gasteiger partial charge in [0.1, 0.15) is 5.78 Å². The molecule has 1 N–H and O–H groups in total. The van der Waals surface area contributed by atoms with Crippen LogP contribution in [0.15, 0.2) is 0 Å². The maximum absolute atomic E-state index is 13.8. The summed E-state index contributed by atoms with van der Waals surface area (Å²) in [6.45, 7) is 4.00. The maximum Gasteiger partial charge on any atom is 0.305 e. The molecule has 158 valence electrons. The molecule has 0 aromatic rings. The fourth-order valence-electron chi connectivity index (χ4n) is 4.12. The van der Waals surface area contributed by atoms with Crippen molar-refractivity contribution in [3.63, 3.8) is 0 Å². The summed E-state index contributed by atoms with van der Waals surface area (Å²) >= 11 is 0. The average Bonchev–Trinajstić information content (AvgIpc) is 2.90. The van der Waals surface area contributed by atoms with Gasteiger partial charge in [0.05, 0.1) is 6.10 Å². The van der Waals surface area contributed by atoms with Gasteiger partial charge in [-0.1, -0.05) is 65.2 Å². The summed E-state index contributed by atoms with van der Waals surface area (Å²) in [6.07, 6.45) is 8.55. The molecule has 1 rings (SSSR count). The number of halogens is 2. The third-order valence-corrected chi connectivity index (χ3v) is 5.91. The van der Waals surface area contributed by atoms with Crippen LogP contribution in [0.1, 0.15) is 104 Å². The van der Waals surface area contributed by atoms with Crippen LogP contribution in [-0.2, 0) is 9.59 Å². The van der Waals surface area contributed by atoms with E-state index in [2.05, 4.69) is 6.92 Å². The van der Waals surface area contributed by atoms with Gasteiger partial charge in [-0.15, -0.1) is 0 Å². The second-order valence-corrected chi connectivity index (χ2v) is 8.19. The lowest BCUT2D eigenvalue weighted by molar-refractivity contribution is -0.144. The van der Waals surface area contributed by atoms with Gasteiger partial charge in [0.25, 0.3) is 0 Å². The van der Waals surface area contributed by atoms with Crippen LogP contribution in [0.4, 0.5) is 8.78 Å². The monoisotopic (exact) mass is 388 g/mol. The number of carbonyl (C=O) groups excluding carboxylic acids is 2. The zero-order valence-electron chi connectivity index (χ0n) is 17.2. The summed E-state index contributed by atoms with van der Waals surface area (Å²) in [6, 6.07) is 0. The predicted octanol–water partition coefficient (Wildman–Crippen LogP) is 5.87. The first kappa shape index (κ1) is 24.2. The molecule has 0 unspecified atom stereocenters. The van der Waals surface area contributed by atoms with Crippen molar-refractivity contribution in [2.75, 3.05) is 0 Å². The van der Waals surface area contributed by atoms with Crippen LogP contribution < -0.4 is 0 Å². The summed E-state index contributed by atoms with van der Waals surface area (Å²) in [5, 5.41) is 10.2. The third kappa shape index (κ3) is 8.37. The third-order valence-electron chi connectivity index (χ3n) is 5.91. The Balaban J connectivity index is 2.42. The van der Waals surface area contributed by atoms with Gasteiger partial charge in [0.15, 0.2) is 0 Å². The lowest BCUT2D eigenvalue weighted by Gasteiger charge is -2.22. The van der Waals surface area contributed by atoms with E-state index in [-0.39, 0.29) is 36.9 Å². The average molecular weight is 389 g/mol. The highest BCUT2D eigenvalue weighted by atomic mass is 19.3. The van der Waals surface area contributed by atoms with Crippen LogP contribution in [0.2, 0.25) is 0 Å². The Morgan fingerprint density at radius 1 is 1.00 bits per heavy atom. The SMILES string of the molecule is CCCCCCCCC[C@H]1C(=O)C[C@@H](O)[C@@H]1CCC(=O)C(F)(F)CCCC. The molecule has 0 amide bonds. The van der Waals surface area contributed by atoms with Gasteiger partial charge in [-0.2, -0.15) is 8.78 Å². The van der Waals surface area contributed by atoms with Gasteiger partial charge in [-0.05, 0) is 25.2 Å². The smallest absolute Gasteiger partial charge is 0.305 e. The minimum absolute atomic E-state index is 0.0312. The molecule has 0 heterocycles. The minimum atomic E-state index is -3.28. The summed E-state index contributed by atoms with van der Waals surface area (Å²) in [4.78, 5) is 24.1. The number of ketones is 2. The fourth-order valence-corrected chi connectivity index (χ4v) is 4.12. The summed E-state index contributed by atoms with van der Waals surface area (Å²) in [5.41, 5.74) is 0. The zero-order chi connectivity index (χ0) is 20.3. The number of aliphatic hydroxyl groups is 1. The Hall–Kier alpha value is -0.840. The molecule has 3 atom stereocenters. The topological polar surface area (TPSA) is 54.4 Å². The molecule has 0 aromatic carbocycles. The largest absolute Gasteiger partial charge is 0.392 e. The van der Waals surface area contributed by atoms with E-state index in [1.165, 1.54) is 25.7 Å². The first-order chi connectivity index (χ1) is 12.8. The highest BCUT2D eigenvalue weighted by Crippen LogP contribution is 2.37. The van der Waals surface area contributed by atoms with Crippen LogP contribution in [-0.4, -0.2) is 28.7 Å². The molecule has 5 heteroatoms. The van der Waals surface area contributed by atoms with Crippen molar-refractivity contribution in [3.8, 4) is 0 Å². The number of rotatable bonds is 15. The molecule has 0 aromatic heterocycles. The van der Waals surface area contributed by atoms with E-state index in [4.69, 9.17) is 0 Å². The van der Waals surface area contributed by atoms with Crippen molar-refractivity contribution in [1.82, 2.24) is 0 Å². The Kier molecular flexibility index (Phi) is 11.3. The Morgan fingerprint density at radius 3 is 2.22 bits per heavy atom. The molecule has 1 fully saturated rings. The van der Waals surface area contributed by atoms with Gasteiger partial charge in [-0.25, -0.2) is 0 Å². The standard InChI is InChI=1S/C22H38F2O3/c1-3-5-7-8-9-10-11-12-17-18(20(26)16-19(17)25)13-14-21(27)22(23,24)15-6-4-2/h17-18,20,26H,3-16H2,1-2H3/t17-,18-,20-/m1/s1. The van der Waals surface area contributed by atoms with E-state index in [1.807, 2.05) is 6.92 Å². The maximum atomic E-state index is 13.8. The van der Waals surface area contributed by atoms with Gasteiger partial charge in [0.2, 0.25) is 5.78 Å². The van der Waals surface area contributed by atoms with Gasteiger partial charge in [0, 0.05) is 25.2 Å². The van der Waals surface area contributed by atoms with Crippen LogP contribution in [0.25, 0.3) is 0 Å². The Bertz CT molecular complexity index is 451. The van der Waals surface area contributed by atoms with Crippen molar-refractivity contribution in [1.29, 1.82) is 0 Å². The molecule has 1 aliphatic rings. The van der Waals surface area contributed by atoms with E-state index in [0.717, 1.165) is 19.3 Å². The number of aliphatic hydroxyl groups excluding tert-OH is 1. The molecule has 0 saturated heterocycles. The number of alkyl halides is 2. The summed E-state index contributed by atoms with van der Waals surface area (Å²) in [7, 11) is 0. The predicted molar refractivity (Wildman–Crippen MR) is 104 cm³/mol. The van der Waals surface area contributed by atoms with Crippen LogP contribution in [0.5, 0.6) is 0 Å². The number of carbonyl (C=O) groups is 2. The molecule has 0 spiro atoms. The Labute approximate surface area is 163 Å². The number of Topliss-reactive ketones (excluding diaryl/α,β-unsaturated/α-hetero) is 2. The van der Waals surface area contributed by atoms with E-state index in [0.29, 0.717) is 19.3 Å². The van der Waals surface area contributed by atoms with Crippen molar-refractivity contribution in [2.24, 2.45) is 11.8 Å². The lowest BCUT2D eigenvalue weighted by atomic mass is 9.85. The number of hydrogen-bond acceptors (Lipinski definition) is 3. The molecule has 0 aliphatic heterocycles. The highest BCUT2D eigenvalue weighted by Gasteiger charge is 2.43. The molecule has 3 nitrogen and oxygen atoms in total. The van der Waals surface area contributed by atoms with Crippen LogP contribution in [0.3, 0.4) is 0 Å². The molecule has 1 saturated carbocycles. The summed E-state index contributed by atoms with van der Waals surface area (Å²) < 4.78 is 27.7. The second kappa shape index (κ2) is 12.6. The van der Waals surface area contributed by atoms with Gasteiger partial charge < -0.3 is 5.11 Å². The van der Waals surface area contributed by atoms with E-state index in [9.17, 15) is 23.5 Å². The normalized spacial score (nSPS) is 23.1. The molecule has 0 bridgehead atoms. The number of hydrogen-bond donors (Lipinski definition) is 1. The van der Waals surface area contributed by atoms with E-state index in [1.54, 1.807) is 0 Å². The molecular weight excluding hydrogens is 350 g/mol. The Morgan fingerprint density at radius 2 is 1.59 bits per heavy atom. The highest BCUT2D eigenvalue weighted by molar-refractivity contribution is 5.86. The van der Waals surface area contributed by atoms with Crippen molar-refractivity contribution in [2.45, 2.75) is 116 Å². The molecule has 27 heavy (non-hydrogen) atoms. The molecule has 0 radical (unpaired) electrons. The number of unbranched alkanes of at least 4 members (excludes halogenated alkanes) is 7. The van der Waals surface area contributed by atoms with Crippen molar-refractivity contribution < 1.29 is 23.5 Å². The molecular formula is C22H38F2O3. The van der Waals surface area contributed by atoms with Gasteiger partial charge >= 0.3 is 5.92 Å². The zero-order valence-corrected chi connectivity index (χ0v) is 17.2. The van der Waals surface area contributed by atoms with Crippen molar-refractivity contribution in [3.05, 3.63) is 0 Å². The van der Waals surface area contributed by atoms with Crippen LogP contribution in [0, 0.1) is 11.8 Å². The van der Waals surface area contributed by atoms with Crippen LogP contribution >= 0.6 is 0 Å². The first-order valence-corrected chi connectivity index (χ1v) is 10.9.